The number of halogens is 3. The van der Waals surface area contributed by atoms with Gasteiger partial charge in [-0.1, -0.05) is 54.6 Å². The third-order valence-corrected chi connectivity index (χ3v) is 5.71. The molecule has 6 nitrogen and oxygen atoms in total. The largest absolute Gasteiger partial charge is 0.440 e. The number of alkyl halides is 3. The molecule has 10 heteroatoms. The van der Waals surface area contributed by atoms with Gasteiger partial charge in [-0.3, -0.25) is 0 Å². The monoisotopic (exact) mass is 456 g/mol. The van der Waals surface area contributed by atoms with Gasteiger partial charge in [-0.15, -0.1) is 0 Å². The highest BCUT2D eigenvalue weighted by atomic mass is 32.2. The van der Waals surface area contributed by atoms with E-state index >= 15 is 0 Å². The molecule has 0 saturated carbocycles. The van der Waals surface area contributed by atoms with Gasteiger partial charge in [-0.25, -0.2) is 17.9 Å². The Labute approximate surface area is 179 Å². The number of carbonyl (C=O) groups is 1. The molecule has 0 aliphatic carbocycles. The molecule has 0 bridgehead atoms. The number of nitrogens with one attached hydrogen (secondary N) is 1. The minimum absolute atomic E-state index is 0.0902. The van der Waals surface area contributed by atoms with Crippen molar-refractivity contribution in [2.75, 3.05) is 19.4 Å². The predicted octanol–water partition coefficient (Wildman–Crippen LogP) is 3.59. The van der Waals surface area contributed by atoms with Crippen LogP contribution in [0.2, 0.25) is 0 Å². The maximum absolute atomic E-state index is 12.5. The van der Waals surface area contributed by atoms with Gasteiger partial charge in [0.25, 0.3) is 0 Å². The average Bonchev–Trinajstić information content (AvgIpc) is 3.07. The number of nitrogens with zero attached hydrogens (tertiary/aromatic N) is 1. The average molecular weight is 456 g/mol. The number of benzene rings is 2. The maximum atomic E-state index is 12.5. The Morgan fingerprint density at radius 3 is 2.45 bits per heavy atom. The highest BCUT2D eigenvalue weighted by molar-refractivity contribution is 7.88. The van der Waals surface area contributed by atoms with Gasteiger partial charge in [0.15, 0.2) is 6.61 Å². The maximum Gasteiger partial charge on any atom is 0.422 e. The molecular formula is C21H23F3N2O4S. The number of sulfonamides is 1. The summed E-state index contributed by atoms with van der Waals surface area (Å²) < 4.78 is 67.8. The smallest absolute Gasteiger partial charge is 0.422 e. The fraction of sp³-hybridized carbons (Fsp3) is 0.381. The quantitative estimate of drug-likeness (QED) is 0.721. The molecule has 0 radical (unpaired) electrons. The second-order valence-electron chi connectivity index (χ2n) is 7.49. The van der Waals surface area contributed by atoms with E-state index in [9.17, 15) is 26.4 Å². The highest BCUT2D eigenvalue weighted by Crippen LogP contribution is 2.27. The first-order valence-electron chi connectivity index (χ1n) is 9.64. The summed E-state index contributed by atoms with van der Waals surface area (Å²) in [6.07, 6.45) is -4.21. The molecule has 0 spiro atoms. The summed E-state index contributed by atoms with van der Waals surface area (Å²) in [6, 6.07) is 15.8. The second-order valence-corrected chi connectivity index (χ2v) is 9.27. The molecule has 1 N–H and O–H groups in total. The first-order valence-corrected chi connectivity index (χ1v) is 11.5. The van der Waals surface area contributed by atoms with E-state index in [-0.39, 0.29) is 19.4 Å². The summed E-state index contributed by atoms with van der Waals surface area (Å²) in [5, 5.41) is 0. The third-order valence-electron chi connectivity index (χ3n) is 4.98. The number of likely N-dealkylation sites (tertiary alicyclic amines) is 1. The zero-order valence-corrected chi connectivity index (χ0v) is 17.6. The van der Waals surface area contributed by atoms with Crippen molar-refractivity contribution in [1.29, 1.82) is 0 Å². The predicted molar refractivity (Wildman–Crippen MR) is 110 cm³/mol. The summed E-state index contributed by atoms with van der Waals surface area (Å²) in [4.78, 5) is 13.5. The molecule has 2 unspecified atom stereocenters. The summed E-state index contributed by atoms with van der Waals surface area (Å²) in [5.41, 5.74) is 2.75. The van der Waals surface area contributed by atoms with Crippen LogP contribution in [-0.2, 0) is 21.2 Å². The van der Waals surface area contributed by atoms with Crippen molar-refractivity contribution in [3.8, 4) is 11.1 Å². The Bertz CT molecular complexity index is 1010. The van der Waals surface area contributed by atoms with Crippen LogP contribution in [0.1, 0.15) is 12.0 Å². The molecule has 2 atom stereocenters. The van der Waals surface area contributed by atoms with Gasteiger partial charge in [0.1, 0.15) is 0 Å². The van der Waals surface area contributed by atoms with Crippen LogP contribution in [0.25, 0.3) is 11.1 Å². The number of hydrogen-bond donors (Lipinski definition) is 1. The standard InChI is InChI=1S/C21H23F3N2O4S/c1-31(28,29)25-18-10-11-26(20(27)30-14-21(22,23)24)19(18)13-15-6-5-9-17(12-15)16-7-3-2-4-8-16/h2-9,12,18-19,25H,10-11,13-14H2,1H3. The molecule has 168 valence electrons. The van der Waals surface area contributed by atoms with Crippen LogP contribution in [0.15, 0.2) is 54.6 Å². The molecule has 1 amide bonds. The van der Waals surface area contributed by atoms with Crippen LogP contribution in [-0.4, -0.2) is 57.1 Å². The van der Waals surface area contributed by atoms with E-state index in [1.165, 1.54) is 4.90 Å². The third kappa shape index (κ3) is 6.70. The van der Waals surface area contributed by atoms with Gasteiger partial charge in [0, 0.05) is 12.6 Å². The lowest BCUT2D eigenvalue weighted by atomic mass is 9.97. The van der Waals surface area contributed by atoms with Crippen LogP contribution in [0.5, 0.6) is 0 Å². The molecular weight excluding hydrogens is 433 g/mol. The first-order chi connectivity index (χ1) is 14.5. The van der Waals surface area contributed by atoms with Gasteiger partial charge < -0.3 is 9.64 Å². The van der Waals surface area contributed by atoms with Crippen molar-refractivity contribution in [3.05, 3.63) is 60.2 Å². The van der Waals surface area contributed by atoms with Crippen LogP contribution >= 0.6 is 0 Å². The van der Waals surface area contributed by atoms with E-state index in [0.29, 0.717) is 0 Å². The number of hydrogen-bond acceptors (Lipinski definition) is 4. The molecule has 1 fully saturated rings. The summed E-state index contributed by atoms with van der Waals surface area (Å²) in [5.74, 6) is 0. The van der Waals surface area contributed by atoms with E-state index in [1.54, 1.807) is 0 Å². The van der Waals surface area contributed by atoms with Crippen LogP contribution in [0.3, 0.4) is 0 Å². The fourth-order valence-electron chi connectivity index (χ4n) is 3.72. The Morgan fingerprint density at radius 1 is 1.13 bits per heavy atom. The van der Waals surface area contributed by atoms with Crippen molar-refractivity contribution >= 4 is 16.1 Å². The molecule has 0 aromatic heterocycles. The molecule has 1 saturated heterocycles. The van der Waals surface area contributed by atoms with Crippen LogP contribution in [0, 0.1) is 0 Å². The minimum Gasteiger partial charge on any atom is -0.440 e. The van der Waals surface area contributed by atoms with Crippen molar-refractivity contribution in [3.63, 3.8) is 0 Å². The van der Waals surface area contributed by atoms with Crippen molar-refractivity contribution in [2.45, 2.75) is 31.1 Å². The van der Waals surface area contributed by atoms with Gasteiger partial charge >= 0.3 is 12.3 Å². The molecule has 1 aliphatic rings. The SMILES string of the molecule is CS(=O)(=O)NC1CCN(C(=O)OCC(F)(F)F)C1Cc1cccc(-c2ccccc2)c1. The zero-order chi connectivity index (χ0) is 22.6. The van der Waals surface area contributed by atoms with Gasteiger partial charge in [0.05, 0.1) is 12.3 Å². The Balaban J connectivity index is 1.83. The fourth-order valence-corrected chi connectivity index (χ4v) is 4.55. The van der Waals surface area contributed by atoms with Gasteiger partial charge in [0.2, 0.25) is 10.0 Å². The second kappa shape index (κ2) is 9.27. The first kappa shape index (κ1) is 23.1. The Kier molecular flexibility index (Phi) is 6.90. The molecule has 31 heavy (non-hydrogen) atoms. The number of rotatable bonds is 6. The molecule has 1 aliphatic heterocycles. The molecule has 2 aromatic rings. The zero-order valence-electron chi connectivity index (χ0n) is 16.8. The normalized spacial score (nSPS) is 19.4. The van der Waals surface area contributed by atoms with Crippen molar-refractivity contribution < 1.29 is 31.1 Å². The lowest BCUT2D eigenvalue weighted by molar-refractivity contribution is -0.162. The number of amides is 1. The lowest BCUT2D eigenvalue weighted by Gasteiger charge is -2.28. The van der Waals surface area contributed by atoms with Crippen molar-refractivity contribution in [2.24, 2.45) is 0 Å². The van der Waals surface area contributed by atoms with E-state index in [2.05, 4.69) is 9.46 Å². The molecule has 1 heterocycles. The van der Waals surface area contributed by atoms with Gasteiger partial charge in [-0.05, 0) is 29.5 Å². The summed E-state index contributed by atoms with van der Waals surface area (Å²) in [6.45, 7) is -1.60. The Morgan fingerprint density at radius 2 is 1.81 bits per heavy atom. The van der Waals surface area contributed by atoms with Gasteiger partial charge in [-0.2, -0.15) is 13.2 Å². The summed E-state index contributed by atoms with van der Waals surface area (Å²) >= 11 is 0. The van der Waals surface area contributed by atoms with E-state index < -0.39 is 41.0 Å². The number of carbonyl (C=O) groups excluding carboxylic acids is 1. The van der Waals surface area contributed by atoms with Crippen LogP contribution < -0.4 is 4.72 Å². The highest BCUT2D eigenvalue weighted by Gasteiger charge is 2.40. The number of ether oxygens (including phenoxy) is 1. The molecule has 3 rings (SSSR count). The lowest BCUT2D eigenvalue weighted by Crippen LogP contribution is -2.48. The van der Waals surface area contributed by atoms with E-state index in [1.807, 2.05) is 54.6 Å². The Hall–Kier alpha value is -2.59. The topological polar surface area (TPSA) is 75.7 Å². The van der Waals surface area contributed by atoms with E-state index in [4.69, 9.17) is 0 Å². The minimum atomic E-state index is -4.64. The molecule has 2 aromatic carbocycles. The van der Waals surface area contributed by atoms with Crippen LogP contribution in [0.4, 0.5) is 18.0 Å². The van der Waals surface area contributed by atoms with Crippen molar-refractivity contribution in [1.82, 2.24) is 9.62 Å². The summed E-state index contributed by atoms with van der Waals surface area (Å²) in [7, 11) is -3.58. The van der Waals surface area contributed by atoms with E-state index in [0.717, 1.165) is 22.9 Å².